The number of hydrogen-bond donors (Lipinski definition) is 2. The molecule has 2 N–H and O–H groups in total. The number of fused-ring (bicyclic) bond motifs is 1. The topological polar surface area (TPSA) is 84.2 Å². The number of aromatic nitrogens is 1. The zero-order valence-electron chi connectivity index (χ0n) is 13.7. The van der Waals surface area contributed by atoms with E-state index >= 15 is 0 Å². The highest BCUT2D eigenvalue weighted by atomic mass is 79.9. The van der Waals surface area contributed by atoms with Crippen molar-refractivity contribution in [3.8, 4) is 0 Å². The zero-order valence-corrected chi connectivity index (χ0v) is 16.1. The van der Waals surface area contributed by atoms with Crippen molar-refractivity contribution in [2.75, 3.05) is 10.6 Å². The lowest BCUT2D eigenvalue weighted by atomic mass is 10.2. The van der Waals surface area contributed by atoms with Crippen molar-refractivity contribution in [1.29, 1.82) is 0 Å². The predicted octanol–water partition coefficient (Wildman–Crippen LogP) is 5.16. The molecule has 0 spiro atoms. The summed E-state index contributed by atoms with van der Waals surface area (Å²) in [6, 6.07) is 17.5. The van der Waals surface area contributed by atoms with Crippen LogP contribution in [0.25, 0.3) is 10.2 Å². The number of thiazole rings is 1. The Morgan fingerprint density at radius 1 is 0.963 bits per heavy atom. The van der Waals surface area contributed by atoms with Gasteiger partial charge in [0.25, 0.3) is 11.8 Å². The molecule has 0 bridgehead atoms. The Morgan fingerprint density at radius 3 is 2.59 bits per heavy atom. The Hall–Kier alpha value is -2.97. The van der Waals surface area contributed by atoms with Gasteiger partial charge in [-0.2, -0.15) is 0 Å². The van der Waals surface area contributed by atoms with Crippen LogP contribution in [0.2, 0.25) is 0 Å². The van der Waals surface area contributed by atoms with E-state index < -0.39 is 5.91 Å². The maximum absolute atomic E-state index is 12.5. The summed E-state index contributed by atoms with van der Waals surface area (Å²) in [5, 5.41) is 6.02. The first-order valence-electron chi connectivity index (χ1n) is 7.92. The number of halogens is 1. The largest absolute Gasteiger partial charge is 0.444 e. The second-order valence-electron chi connectivity index (χ2n) is 5.58. The van der Waals surface area contributed by atoms with Gasteiger partial charge in [0.15, 0.2) is 15.6 Å². The Balaban J connectivity index is 1.49. The molecule has 0 unspecified atom stereocenters. The van der Waals surface area contributed by atoms with Gasteiger partial charge >= 0.3 is 0 Å². The molecule has 4 rings (SSSR count). The van der Waals surface area contributed by atoms with Crippen molar-refractivity contribution >= 4 is 60.1 Å². The van der Waals surface area contributed by atoms with Crippen molar-refractivity contribution in [2.24, 2.45) is 0 Å². The summed E-state index contributed by atoms with van der Waals surface area (Å²) in [4.78, 5) is 29.1. The molecule has 0 saturated carbocycles. The van der Waals surface area contributed by atoms with Crippen LogP contribution in [0, 0.1) is 0 Å². The van der Waals surface area contributed by atoms with Crippen molar-refractivity contribution in [2.45, 2.75) is 0 Å². The maximum Gasteiger partial charge on any atom is 0.291 e. The monoisotopic (exact) mass is 441 g/mol. The molecular formula is C19H12BrN3O3S. The molecule has 4 aromatic rings. The molecule has 0 saturated heterocycles. The smallest absolute Gasteiger partial charge is 0.291 e. The standard InChI is InChI=1S/C19H12BrN3O3S/c20-16-9-8-14(26-16)18(25)21-12-5-3-4-11(10-12)17(24)23-19-22-13-6-1-2-7-15(13)27-19/h1-10H,(H,21,25)(H,22,23,24). The fourth-order valence-electron chi connectivity index (χ4n) is 2.46. The molecule has 0 atom stereocenters. The fraction of sp³-hybridized carbons (Fsp3) is 0. The number of carbonyl (C=O) groups excluding carboxylic acids is 2. The SMILES string of the molecule is O=C(Nc1nc2ccccc2s1)c1cccc(NC(=O)c2ccc(Br)o2)c1. The van der Waals surface area contributed by atoms with Gasteiger partial charge in [-0.3, -0.25) is 14.9 Å². The average molecular weight is 442 g/mol. The number of anilines is 2. The highest BCUT2D eigenvalue weighted by molar-refractivity contribution is 9.10. The van der Waals surface area contributed by atoms with Gasteiger partial charge < -0.3 is 9.73 Å². The Morgan fingerprint density at radius 2 is 1.81 bits per heavy atom. The van der Waals surface area contributed by atoms with Gasteiger partial charge in [0.2, 0.25) is 0 Å². The Labute approximate surface area is 166 Å². The highest BCUT2D eigenvalue weighted by Crippen LogP contribution is 2.26. The summed E-state index contributed by atoms with van der Waals surface area (Å²) < 4.78 is 6.69. The molecule has 134 valence electrons. The van der Waals surface area contributed by atoms with Gasteiger partial charge in [-0.15, -0.1) is 0 Å². The summed E-state index contributed by atoms with van der Waals surface area (Å²) in [6.07, 6.45) is 0. The molecule has 2 amide bonds. The minimum Gasteiger partial charge on any atom is -0.444 e. The number of rotatable bonds is 4. The first-order valence-corrected chi connectivity index (χ1v) is 9.53. The number of amides is 2. The Kier molecular flexibility index (Phi) is 4.74. The third-order valence-corrected chi connectivity index (χ3v) is 5.07. The van der Waals surface area contributed by atoms with Crippen molar-refractivity contribution in [3.63, 3.8) is 0 Å². The average Bonchev–Trinajstić information content (AvgIpc) is 3.27. The molecule has 0 aliphatic rings. The van der Waals surface area contributed by atoms with E-state index in [0.29, 0.717) is 21.1 Å². The summed E-state index contributed by atoms with van der Waals surface area (Å²) in [7, 11) is 0. The van der Waals surface area contributed by atoms with Gasteiger partial charge in [-0.1, -0.05) is 29.5 Å². The second kappa shape index (κ2) is 7.34. The summed E-state index contributed by atoms with van der Waals surface area (Å²) >= 11 is 4.56. The van der Waals surface area contributed by atoms with Crippen LogP contribution >= 0.6 is 27.3 Å². The quantitative estimate of drug-likeness (QED) is 0.458. The predicted molar refractivity (Wildman–Crippen MR) is 108 cm³/mol. The molecule has 8 heteroatoms. The van der Waals surface area contributed by atoms with Crippen molar-refractivity contribution in [3.05, 3.63) is 76.7 Å². The van der Waals surface area contributed by atoms with E-state index in [2.05, 4.69) is 31.5 Å². The Bertz CT molecular complexity index is 1120. The number of para-hydroxylation sites is 1. The summed E-state index contributed by atoms with van der Waals surface area (Å²) in [5.74, 6) is -0.526. The second-order valence-corrected chi connectivity index (χ2v) is 7.39. The van der Waals surface area contributed by atoms with Crippen LogP contribution in [0.15, 0.2) is 69.8 Å². The van der Waals surface area contributed by atoms with Crippen LogP contribution in [-0.4, -0.2) is 16.8 Å². The summed E-state index contributed by atoms with van der Waals surface area (Å²) in [5.41, 5.74) is 1.74. The number of nitrogens with one attached hydrogen (secondary N) is 2. The minimum absolute atomic E-state index is 0.172. The number of carbonyl (C=O) groups is 2. The minimum atomic E-state index is -0.399. The van der Waals surface area contributed by atoms with Gasteiger partial charge in [0, 0.05) is 11.3 Å². The molecule has 2 aromatic heterocycles. The van der Waals surface area contributed by atoms with Crippen LogP contribution in [0.4, 0.5) is 10.8 Å². The zero-order chi connectivity index (χ0) is 18.8. The van der Waals surface area contributed by atoms with Gasteiger partial charge in [-0.05, 0) is 58.4 Å². The van der Waals surface area contributed by atoms with Crippen molar-refractivity contribution in [1.82, 2.24) is 4.98 Å². The van der Waals surface area contributed by atoms with Crippen LogP contribution < -0.4 is 10.6 Å². The van der Waals surface area contributed by atoms with E-state index in [0.717, 1.165) is 10.2 Å². The third kappa shape index (κ3) is 3.91. The molecule has 0 fully saturated rings. The van der Waals surface area contributed by atoms with E-state index in [4.69, 9.17) is 4.42 Å². The fourth-order valence-corrected chi connectivity index (χ4v) is 3.63. The normalized spacial score (nSPS) is 10.7. The first kappa shape index (κ1) is 17.4. The van der Waals surface area contributed by atoms with E-state index in [9.17, 15) is 9.59 Å². The van der Waals surface area contributed by atoms with Crippen LogP contribution in [0.3, 0.4) is 0 Å². The molecule has 2 heterocycles. The van der Waals surface area contributed by atoms with Crippen LogP contribution in [0.1, 0.15) is 20.9 Å². The number of furan rings is 1. The van der Waals surface area contributed by atoms with E-state index in [1.807, 2.05) is 24.3 Å². The lowest BCUT2D eigenvalue weighted by molar-refractivity contribution is 0.0992. The molecule has 2 aromatic carbocycles. The van der Waals surface area contributed by atoms with Gasteiger partial charge in [0.1, 0.15) is 0 Å². The van der Waals surface area contributed by atoms with Gasteiger partial charge in [-0.25, -0.2) is 4.98 Å². The lowest BCUT2D eigenvalue weighted by Gasteiger charge is -2.06. The van der Waals surface area contributed by atoms with Crippen LogP contribution in [-0.2, 0) is 0 Å². The summed E-state index contributed by atoms with van der Waals surface area (Å²) in [6.45, 7) is 0. The number of hydrogen-bond acceptors (Lipinski definition) is 5. The molecule has 6 nitrogen and oxygen atoms in total. The molecule has 27 heavy (non-hydrogen) atoms. The van der Waals surface area contributed by atoms with Crippen LogP contribution in [0.5, 0.6) is 0 Å². The van der Waals surface area contributed by atoms with E-state index in [1.165, 1.54) is 11.3 Å². The molecule has 0 aliphatic heterocycles. The highest BCUT2D eigenvalue weighted by Gasteiger charge is 2.13. The third-order valence-electron chi connectivity index (χ3n) is 3.69. The molecular weight excluding hydrogens is 430 g/mol. The molecule has 0 aliphatic carbocycles. The number of nitrogens with zero attached hydrogens (tertiary/aromatic N) is 1. The first-order chi connectivity index (χ1) is 13.1. The van der Waals surface area contributed by atoms with Gasteiger partial charge in [0.05, 0.1) is 10.2 Å². The molecule has 0 radical (unpaired) electrons. The van der Waals surface area contributed by atoms with Crippen molar-refractivity contribution < 1.29 is 14.0 Å². The number of benzene rings is 2. The lowest BCUT2D eigenvalue weighted by Crippen LogP contribution is -2.14. The van der Waals surface area contributed by atoms with E-state index in [-0.39, 0.29) is 11.7 Å². The van der Waals surface area contributed by atoms with E-state index in [1.54, 1.807) is 36.4 Å². The maximum atomic E-state index is 12.5.